The lowest BCUT2D eigenvalue weighted by Gasteiger charge is -2.25. The van der Waals surface area contributed by atoms with Gasteiger partial charge in [0.25, 0.3) is 10.0 Å². The van der Waals surface area contributed by atoms with Crippen LogP contribution in [-0.4, -0.2) is 43.8 Å². The molecule has 4 rings (SSSR count). The van der Waals surface area contributed by atoms with Crippen LogP contribution in [0, 0.1) is 0 Å². The molecule has 0 aromatic heterocycles. The zero-order valence-corrected chi connectivity index (χ0v) is 17.1. The van der Waals surface area contributed by atoms with E-state index >= 15 is 0 Å². The molecule has 0 spiro atoms. The van der Waals surface area contributed by atoms with E-state index in [9.17, 15) is 13.2 Å². The lowest BCUT2D eigenvalue weighted by atomic mass is 10.1. The number of hydrogen-bond donors (Lipinski definition) is 1. The number of nitrogens with one attached hydrogen (secondary N) is 1. The summed E-state index contributed by atoms with van der Waals surface area (Å²) in [6.07, 6.45) is 1.51. The van der Waals surface area contributed by atoms with Crippen LogP contribution < -0.4 is 10.1 Å². The Hall–Kier alpha value is -2.87. The SMILES string of the molecule is CC(C)Oc1ccc(NC(=O)[C@@H]2CCCN2C2=NS(=O)(=O)c3ccccc32)cc1. The van der Waals surface area contributed by atoms with Crippen molar-refractivity contribution in [3.63, 3.8) is 0 Å². The number of amides is 1. The van der Waals surface area contributed by atoms with Crippen molar-refractivity contribution in [3.05, 3.63) is 54.1 Å². The molecular weight excluding hydrogens is 390 g/mol. The van der Waals surface area contributed by atoms with Gasteiger partial charge in [0.15, 0.2) is 5.84 Å². The Morgan fingerprint density at radius 3 is 2.62 bits per heavy atom. The van der Waals surface area contributed by atoms with Gasteiger partial charge < -0.3 is 15.0 Å². The van der Waals surface area contributed by atoms with E-state index in [0.717, 1.165) is 12.2 Å². The number of benzene rings is 2. The van der Waals surface area contributed by atoms with Gasteiger partial charge in [-0.3, -0.25) is 4.79 Å². The summed E-state index contributed by atoms with van der Waals surface area (Å²) in [7, 11) is -3.71. The number of carbonyl (C=O) groups excluding carboxylic acids is 1. The quantitative estimate of drug-likeness (QED) is 0.832. The van der Waals surface area contributed by atoms with Gasteiger partial charge in [-0.2, -0.15) is 8.42 Å². The zero-order chi connectivity index (χ0) is 20.6. The molecule has 29 heavy (non-hydrogen) atoms. The van der Waals surface area contributed by atoms with Gasteiger partial charge in [-0.15, -0.1) is 4.40 Å². The monoisotopic (exact) mass is 413 g/mol. The van der Waals surface area contributed by atoms with Crippen LogP contribution in [0.5, 0.6) is 5.75 Å². The number of likely N-dealkylation sites (tertiary alicyclic amines) is 1. The minimum atomic E-state index is -3.71. The summed E-state index contributed by atoms with van der Waals surface area (Å²) >= 11 is 0. The van der Waals surface area contributed by atoms with Gasteiger partial charge in [-0.1, -0.05) is 12.1 Å². The van der Waals surface area contributed by atoms with E-state index in [-0.39, 0.29) is 16.9 Å². The predicted molar refractivity (Wildman–Crippen MR) is 111 cm³/mol. The van der Waals surface area contributed by atoms with Crippen LogP contribution in [0.25, 0.3) is 0 Å². The van der Waals surface area contributed by atoms with Crippen molar-refractivity contribution in [1.82, 2.24) is 4.90 Å². The van der Waals surface area contributed by atoms with E-state index in [1.165, 1.54) is 0 Å². The molecule has 1 N–H and O–H groups in total. The highest BCUT2D eigenvalue weighted by Gasteiger charge is 2.39. The Balaban J connectivity index is 1.53. The summed E-state index contributed by atoms with van der Waals surface area (Å²) in [5.41, 5.74) is 1.22. The standard InChI is InChI=1S/C21H23N3O4S/c1-14(2)28-16-11-9-15(10-12-16)22-21(25)18-7-5-13-24(18)20-17-6-3-4-8-19(17)29(26,27)23-20/h3-4,6,8-12,14,18H,5,7,13H2,1-2H3,(H,22,25)/t18-/m0/s1. The highest BCUT2D eigenvalue weighted by atomic mass is 32.2. The van der Waals surface area contributed by atoms with Crippen LogP contribution in [0.3, 0.4) is 0 Å². The highest BCUT2D eigenvalue weighted by molar-refractivity contribution is 7.90. The molecule has 2 aromatic rings. The first kappa shape index (κ1) is 19.4. The van der Waals surface area contributed by atoms with E-state index in [1.807, 2.05) is 26.0 Å². The van der Waals surface area contributed by atoms with Crippen molar-refractivity contribution in [2.45, 2.75) is 43.7 Å². The maximum Gasteiger partial charge on any atom is 0.285 e. The van der Waals surface area contributed by atoms with Crippen LogP contribution in [0.2, 0.25) is 0 Å². The summed E-state index contributed by atoms with van der Waals surface area (Å²) in [6, 6.07) is 13.5. The van der Waals surface area contributed by atoms with E-state index in [2.05, 4.69) is 9.71 Å². The maximum absolute atomic E-state index is 12.9. The fourth-order valence-electron chi connectivity index (χ4n) is 3.70. The van der Waals surface area contributed by atoms with Gasteiger partial charge in [0.05, 0.1) is 6.10 Å². The molecule has 1 atom stereocenters. The van der Waals surface area contributed by atoms with Crippen molar-refractivity contribution in [3.8, 4) is 5.75 Å². The van der Waals surface area contributed by atoms with Crippen LogP contribution in [-0.2, 0) is 14.8 Å². The minimum Gasteiger partial charge on any atom is -0.491 e. The number of rotatable bonds is 4. The Labute approximate surface area is 170 Å². The number of amidine groups is 1. The van der Waals surface area contributed by atoms with Crippen LogP contribution >= 0.6 is 0 Å². The molecule has 2 aromatic carbocycles. The number of carbonyl (C=O) groups is 1. The van der Waals surface area contributed by atoms with Crippen LogP contribution in [0.1, 0.15) is 32.3 Å². The summed E-state index contributed by atoms with van der Waals surface area (Å²) in [6.45, 7) is 4.49. The minimum absolute atomic E-state index is 0.0776. The Morgan fingerprint density at radius 2 is 1.90 bits per heavy atom. The van der Waals surface area contributed by atoms with Gasteiger partial charge in [-0.05, 0) is 63.1 Å². The molecule has 0 aliphatic carbocycles. The average molecular weight is 413 g/mol. The van der Waals surface area contributed by atoms with E-state index in [4.69, 9.17) is 4.74 Å². The van der Waals surface area contributed by atoms with E-state index in [1.54, 1.807) is 41.3 Å². The molecule has 2 heterocycles. The third-order valence-electron chi connectivity index (χ3n) is 4.93. The van der Waals surface area contributed by atoms with Crippen molar-refractivity contribution in [2.24, 2.45) is 4.40 Å². The fourth-order valence-corrected chi connectivity index (χ4v) is 4.92. The van der Waals surface area contributed by atoms with Crippen molar-refractivity contribution < 1.29 is 17.9 Å². The van der Waals surface area contributed by atoms with Crippen molar-refractivity contribution >= 4 is 27.5 Å². The number of fused-ring (bicyclic) bond motifs is 1. The second kappa shape index (κ2) is 7.51. The van der Waals surface area contributed by atoms with Crippen molar-refractivity contribution in [1.29, 1.82) is 0 Å². The number of ether oxygens (including phenoxy) is 1. The largest absolute Gasteiger partial charge is 0.491 e. The van der Waals surface area contributed by atoms with Gasteiger partial charge in [0.2, 0.25) is 5.91 Å². The summed E-state index contributed by atoms with van der Waals surface area (Å²) < 4.78 is 34.3. The lowest BCUT2D eigenvalue weighted by Crippen LogP contribution is -2.43. The maximum atomic E-state index is 12.9. The van der Waals surface area contributed by atoms with Crippen LogP contribution in [0.4, 0.5) is 5.69 Å². The second-order valence-electron chi connectivity index (χ2n) is 7.42. The average Bonchev–Trinajstić information content (AvgIpc) is 3.26. The number of hydrogen-bond acceptors (Lipinski definition) is 5. The molecule has 2 aliphatic heterocycles. The van der Waals surface area contributed by atoms with Gasteiger partial charge in [0.1, 0.15) is 16.7 Å². The summed E-state index contributed by atoms with van der Waals surface area (Å²) in [5.74, 6) is 0.922. The molecule has 0 radical (unpaired) electrons. The first-order valence-electron chi connectivity index (χ1n) is 9.64. The number of nitrogens with zero attached hydrogens (tertiary/aromatic N) is 2. The smallest absolute Gasteiger partial charge is 0.285 e. The summed E-state index contributed by atoms with van der Waals surface area (Å²) in [4.78, 5) is 14.9. The predicted octanol–water partition coefficient (Wildman–Crippen LogP) is 3.03. The molecule has 8 heteroatoms. The lowest BCUT2D eigenvalue weighted by molar-refractivity contribution is -0.119. The molecular formula is C21H23N3O4S. The Kier molecular flexibility index (Phi) is 5.04. The van der Waals surface area contributed by atoms with Crippen molar-refractivity contribution in [2.75, 3.05) is 11.9 Å². The molecule has 1 saturated heterocycles. The molecule has 2 aliphatic rings. The van der Waals surface area contributed by atoms with Gasteiger partial charge in [0, 0.05) is 17.8 Å². The van der Waals surface area contributed by atoms with Gasteiger partial charge in [-0.25, -0.2) is 0 Å². The summed E-state index contributed by atoms with van der Waals surface area (Å²) in [5, 5.41) is 2.92. The Morgan fingerprint density at radius 1 is 1.17 bits per heavy atom. The molecule has 0 saturated carbocycles. The molecule has 0 unspecified atom stereocenters. The molecule has 0 bridgehead atoms. The van der Waals surface area contributed by atoms with E-state index < -0.39 is 16.1 Å². The molecule has 152 valence electrons. The number of anilines is 1. The first-order chi connectivity index (χ1) is 13.8. The van der Waals surface area contributed by atoms with Gasteiger partial charge >= 0.3 is 0 Å². The fraction of sp³-hybridized carbons (Fsp3) is 0.333. The number of sulfonamides is 1. The topological polar surface area (TPSA) is 88.1 Å². The Bertz CT molecular complexity index is 1060. The second-order valence-corrected chi connectivity index (χ2v) is 8.99. The molecule has 1 amide bonds. The zero-order valence-electron chi connectivity index (χ0n) is 16.3. The molecule has 1 fully saturated rings. The highest BCUT2D eigenvalue weighted by Crippen LogP contribution is 2.31. The normalized spacial score (nSPS) is 19.8. The first-order valence-corrected chi connectivity index (χ1v) is 11.1. The third-order valence-corrected chi connectivity index (χ3v) is 6.26. The molecule has 7 nitrogen and oxygen atoms in total. The van der Waals surface area contributed by atoms with Crippen LogP contribution in [0.15, 0.2) is 57.8 Å². The van der Waals surface area contributed by atoms with E-state index in [0.29, 0.717) is 30.1 Å². The third kappa shape index (κ3) is 3.85.